The molecule has 1 rings (SSSR count). The summed E-state index contributed by atoms with van der Waals surface area (Å²) in [6, 6.07) is 0.420. The molecular weight excluding hydrogens is 164 g/mol. The zero-order valence-corrected chi connectivity index (χ0v) is 8.55. The van der Waals surface area contributed by atoms with Crippen LogP contribution >= 0.6 is 0 Å². The first-order valence-electron chi connectivity index (χ1n) is 5.17. The van der Waals surface area contributed by atoms with Gasteiger partial charge in [0, 0.05) is 18.5 Å². The molecule has 1 unspecified atom stereocenters. The van der Waals surface area contributed by atoms with Crippen LogP contribution in [0.4, 0.5) is 0 Å². The zero-order valence-electron chi connectivity index (χ0n) is 8.55. The van der Waals surface area contributed by atoms with Crippen LogP contribution in [-0.4, -0.2) is 18.5 Å². The number of carbonyl (C=O) groups excluding carboxylic acids is 1. The molecule has 0 aromatic heterocycles. The smallest absolute Gasteiger partial charge is 0.224 e. The van der Waals surface area contributed by atoms with Crippen LogP contribution in [0.15, 0.2) is 0 Å². The minimum atomic E-state index is 0.0101. The predicted octanol–water partition coefficient (Wildman–Crippen LogP) is 0.886. The number of hydrogen-bond acceptors (Lipinski definition) is 2. The second-order valence-corrected chi connectivity index (χ2v) is 4.12. The van der Waals surface area contributed by atoms with Gasteiger partial charge in [0.1, 0.15) is 0 Å². The number of nitrogens with two attached hydrogens (primary N) is 1. The van der Waals surface area contributed by atoms with Crippen molar-refractivity contribution < 1.29 is 4.79 Å². The third kappa shape index (κ3) is 2.69. The molecule has 3 heteroatoms. The van der Waals surface area contributed by atoms with Gasteiger partial charge in [-0.05, 0) is 25.2 Å². The van der Waals surface area contributed by atoms with Gasteiger partial charge in [-0.1, -0.05) is 13.8 Å². The van der Waals surface area contributed by atoms with E-state index in [9.17, 15) is 4.79 Å². The Bertz CT molecular complexity index is 172. The highest BCUT2D eigenvalue weighted by Crippen LogP contribution is 2.26. The standard InChI is InChI=1S/C10H20N2O/c1-3-8(6-11)10(13)12-9-4-7(2)5-9/h7-9H,3-6,11H2,1-2H3,(H,12,13). The highest BCUT2D eigenvalue weighted by molar-refractivity contribution is 5.79. The maximum atomic E-state index is 11.5. The summed E-state index contributed by atoms with van der Waals surface area (Å²) < 4.78 is 0. The van der Waals surface area contributed by atoms with Gasteiger partial charge in [0.15, 0.2) is 0 Å². The van der Waals surface area contributed by atoms with E-state index in [0.717, 1.165) is 25.2 Å². The van der Waals surface area contributed by atoms with E-state index in [-0.39, 0.29) is 11.8 Å². The third-order valence-electron chi connectivity index (χ3n) is 2.87. The molecule has 0 spiro atoms. The fourth-order valence-electron chi connectivity index (χ4n) is 1.80. The Hall–Kier alpha value is -0.570. The molecule has 0 radical (unpaired) electrons. The minimum Gasteiger partial charge on any atom is -0.353 e. The SMILES string of the molecule is CCC(CN)C(=O)NC1CC(C)C1. The van der Waals surface area contributed by atoms with Crippen molar-refractivity contribution in [2.75, 3.05) is 6.54 Å². The Morgan fingerprint density at radius 3 is 2.62 bits per heavy atom. The fourth-order valence-corrected chi connectivity index (χ4v) is 1.80. The van der Waals surface area contributed by atoms with Gasteiger partial charge in [-0.25, -0.2) is 0 Å². The molecule has 13 heavy (non-hydrogen) atoms. The van der Waals surface area contributed by atoms with E-state index in [1.54, 1.807) is 0 Å². The zero-order chi connectivity index (χ0) is 9.84. The summed E-state index contributed by atoms with van der Waals surface area (Å²) in [7, 11) is 0. The molecule has 0 saturated heterocycles. The second kappa shape index (κ2) is 4.61. The normalized spacial score (nSPS) is 29.2. The van der Waals surface area contributed by atoms with Gasteiger partial charge in [-0.3, -0.25) is 4.79 Å². The average Bonchev–Trinajstić information content (AvgIpc) is 2.04. The molecular formula is C10H20N2O. The summed E-state index contributed by atoms with van der Waals surface area (Å²) in [6.45, 7) is 4.67. The molecule has 0 bridgehead atoms. The molecule has 1 saturated carbocycles. The van der Waals surface area contributed by atoms with Crippen LogP contribution in [0, 0.1) is 11.8 Å². The number of hydrogen-bond donors (Lipinski definition) is 2. The van der Waals surface area contributed by atoms with Crippen LogP contribution in [0.5, 0.6) is 0 Å². The predicted molar refractivity (Wildman–Crippen MR) is 53.2 cm³/mol. The van der Waals surface area contributed by atoms with Crippen molar-refractivity contribution in [2.45, 2.75) is 39.2 Å². The summed E-state index contributed by atoms with van der Waals surface area (Å²) in [4.78, 5) is 11.5. The van der Waals surface area contributed by atoms with E-state index < -0.39 is 0 Å². The van der Waals surface area contributed by atoms with E-state index >= 15 is 0 Å². The van der Waals surface area contributed by atoms with E-state index in [2.05, 4.69) is 12.2 Å². The first-order chi connectivity index (χ1) is 6.17. The van der Waals surface area contributed by atoms with Crippen molar-refractivity contribution in [3.8, 4) is 0 Å². The average molecular weight is 184 g/mol. The maximum Gasteiger partial charge on any atom is 0.224 e. The van der Waals surface area contributed by atoms with Crippen LogP contribution in [0.25, 0.3) is 0 Å². The Morgan fingerprint density at radius 2 is 2.23 bits per heavy atom. The van der Waals surface area contributed by atoms with Crippen LogP contribution < -0.4 is 11.1 Å². The van der Waals surface area contributed by atoms with Gasteiger partial charge >= 0.3 is 0 Å². The Kier molecular flexibility index (Phi) is 3.72. The van der Waals surface area contributed by atoms with Gasteiger partial charge in [-0.2, -0.15) is 0 Å². The Labute approximate surface area is 80.1 Å². The van der Waals surface area contributed by atoms with Crippen LogP contribution in [-0.2, 0) is 4.79 Å². The van der Waals surface area contributed by atoms with E-state index in [0.29, 0.717) is 12.6 Å². The largest absolute Gasteiger partial charge is 0.353 e. The lowest BCUT2D eigenvalue weighted by atomic mass is 9.81. The van der Waals surface area contributed by atoms with Gasteiger partial charge < -0.3 is 11.1 Å². The summed E-state index contributed by atoms with van der Waals surface area (Å²) in [5.74, 6) is 0.932. The molecule has 1 atom stereocenters. The lowest BCUT2D eigenvalue weighted by Gasteiger charge is -2.34. The molecule has 76 valence electrons. The first-order valence-corrected chi connectivity index (χ1v) is 5.17. The number of carbonyl (C=O) groups is 1. The summed E-state index contributed by atoms with van der Waals surface area (Å²) in [5, 5.41) is 3.03. The Balaban J connectivity index is 2.24. The van der Waals surface area contributed by atoms with Crippen molar-refractivity contribution in [3.05, 3.63) is 0 Å². The third-order valence-corrected chi connectivity index (χ3v) is 2.87. The highest BCUT2D eigenvalue weighted by Gasteiger charge is 2.28. The highest BCUT2D eigenvalue weighted by atomic mass is 16.1. The number of rotatable bonds is 4. The molecule has 0 heterocycles. The molecule has 1 fully saturated rings. The summed E-state index contributed by atoms with van der Waals surface area (Å²) in [5.41, 5.74) is 5.49. The van der Waals surface area contributed by atoms with E-state index in [1.807, 2.05) is 6.92 Å². The van der Waals surface area contributed by atoms with E-state index in [4.69, 9.17) is 5.73 Å². The van der Waals surface area contributed by atoms with Crippen LogP contribution in [0.2, 0.25) is 0 Å². The van der Waals surface area contributed by atoms with Crippen LogP contribution in [0.1, 0.15) is 33.1 Å². The van der Waals surface area contributed by atoms with Gasteiger partial charge in [0.2, 0.25) is 5.91 Å². The van der Waals surface area contributed by atoms with Gasteiger partial charge in [0.25, 0.3) is 0 Å². The molecule has 0 aromatic carbocycles. The van der Waals surface area contributed by atoms with Crippen molar-refractivity contribution in [1.82, 2.24) is 5.32 Å². The molecule has 1 amide bonds. The first kappa shape index (κ1) is 10.5. The van der Waals surface area contributed by atoms with Crippen molar-refractivity contribution in [2.24, 2.45) is 17.6 Å². The molecule has 0 aromatic rings. The maximum absolute atomic E-state index is 11.5. The molecule has 3 N–H and O–H groups in total. The van der Waals surface area contributed by atoms with Crippen molar-refractivity contribution in [3.63, 3.8) is 0 Å². The topological polar surface area (TPSA) is 55.1 Å². The van der Waals surface area contributed by atoms with Crippen molar-refractivity contribution >= 4 is 5.91 Å². The Morgan fingerprint density at radius 1 is 1.62 bits per heavy atom. The van der Waals surface area contributed by atoms with Crippen LogP contribution in [0.3, 0.4) is 0 Å². The molecule has 1 aliphatic rings. The molecule has 1 aliphatic carbocycles. The minimum absolute atomic E-state index is 0.0101. The lowest BCUT2D eigenvalue weighted by molar-refractivity contribution is -0.126. The summed E-state index contributed by atoms with van der Waals surface area (Å²) in [6.07, 6.45) is 3.10. The second-order valence-electron chi connectivity index (χ2n) is 4.12. The number of amides is 1. The van der Waals surface area contributed by atoms with Crippen molar-refractivity contribution in [1.29, 1.82) is 0 Å². The van der Waals surface area contributed by atoms with E-state index in [1.165, 1.54) is 0 Å². The fraction of sp³-hybridized carbons (Fsp3) is 0.900. The van der Waals surface area contributed by atoms with Gasteiger partial charge in [-0.15, -0.1) is 0 Å². The monoisotopic (exact) mass is 184 g/mol. The lowest BCUT2D eigenvalue weighted by Crippen LogP contribution is -2.46. The molecule has 0 aliphatic heterocycles. The molecule has 3 nitrogen and oxygen atoms in total. The quantitative estimate of drug-likeness (QED) is 0.681. The number of nitrogens with one attached hydrogen (secondary N) is 1. The summed E-state index contributed by atoms with van der Waals surface area (Å²) >= 11 is 0. The van der Waals surface area contributed by atoms with Gasteiger partial charge in [0.05, 0.1) is 0 Å².